The second-order valence-corrected chi connectivity index (χ2v) is 6.92. The van der Waals surface area contributed by atoms with E-state index in [2.05, 4.69) is 17.0 Å². The van der Waals surface area contributed by atoms with Gasteiger partial charge in [0.1, 0.15) is 11.6 Å². The van der Waals surface area contributed by atoms with E-state index in [4.69, 9.17) is 21.3 Å². The summed E-state index contributed by atoms with van der Waals surface area (Å²) >= 11 is 6.06. The Hall–Kier alpha value is -2.79. The van der Waals surface area contributed by atoms with Gasteiger partial charge in [-0.1, -0.05) is 29.8 Å². The summed E-state index contributed by atoms with van der Waals surface area (Å²) in [6.45, 7) is 2.73. The summed E-state index contributed by atoms with van der Waals surface area (Å²) in [5.74, 6) is 1.43. The van der Waals surface area contributed by atoms with Crippen LogP contribution in [0.2, 0.25) is 5.02 Å². The van der Waals surface area contributed by atoms with Crippen molar-refractivity contribution in [2.45, 2.75) is 0 Å². The summed E-state index contributed by atoms with van der Waals surface area (Å²) in [4.78, 5) is 21.7. The summed E-state index contributed by atoms with van der Waals surface area (Å²) in [6, 6.07) is 17.3. The molecule has 1 aromatic heterocycles. The first-order valence-electron chi connectivity index (χ1n) is 8.89. The van der Waals surface area contributed by atoms with Crippen LogP contribution >= 0.6 is 11.6 Å². The fraction of sp³-hybridized carbons (Fsp3) is 0.238. The zero-order chi connectivity index (χ0) is 18.8. The maximum absolute atomic E-state index is 12.9. The quantitative estimate of drug-likeness (QED) is 0.691. The third-order valence-electron chi connectivity index (χ3n) is 4.87. The number of halogens is 1. The molecule has 0 saturated carbocycles. The van der Waals surface area contributed by atoms with Gasteiger partial charge in [-0.15, -0.1) is 0 Å². The van der Waals surface area contributed by atoms with Crippen LogP contribution in [0.25, 0.3) is 10.9 Å². The van der Waals surface area contributed by atoms with Crippen LogP contribution in [-0.2, 0) is 0 Å². The second-order valence-electron chi connectivity index (χ2n) is 6.49. The van der Waals surface area contributed by atoms with Crippen LogP contribution in [0.5, 0.6) is 5.75 Å². The predicted molar refractivity (Wildman–Crippen MR) is 108 cm³/mol. The van der Waals surface area contributed by atoms with Crippen LogP contribution in [0.4, 0.5) is 5.82 Å². The van der Waals surface area contributed by atoms with E-state index in [9.17, 15) is 4.79 Å². The summed E-state index contributed by atoms with van der Waals surface area (Å²) in [5, 5.41) is 1.65. The molecule has 1 saturated heterocycles. The normalized spacial score (nSPS) is 14.4. The van der Waals surface area contributed by atoms with Crippen LogP contribution in [0, 0.1) is 0 Å². The van der Waals surface area contributed by atoms with E-state index >= 15 is 0 Å². The Kier molecular flexibility index (Phi) is 4.86. The van der Waals surface area contributed by atoms with Gasteiger partial charge >= 0.3 is 0 Å². The maximum atomic E-state index is 12.9. The highest BCUT2D eigenvalue weighted by Crippen LogP contribution is 2.25. The molecule has 0 unspecified atom stereocenters. The fourth-order valence-electron chi connectivity index (χ4n) is 3.39. The van der Waals surface area contributed by atoms with Crippen molar-refractivity contribution in [1.82, 2.24) is 9.88 Å². The topological polar surface area (TPSA) is 45.7 Å². The summed E-state index contributed by atoms with van der Waals surface area (Å²) < 4.78 is 5.32. The highest BCUT2D eigenvalue weighted by atomic mass is 35.5. The molecule has 4 rings (SSSR count). The standard InChI is InChI=1S/C21H20ClN3O2/c1-27-19-8-7-16(22)14-17(19)21(26)25-12-10-24(11-13-25)20-9-6-15-4-2-3-5-18(15)23-20/h2-9,14H,10-13H2,1H3. The Bertz CT molecular complexity index is 984. The highest BCUT2D eigenvalue weighted by molar-refractivity contribution is 6.31. The summed E-state index contributed by atoms with van der Waals surface area (Å²) in [7, 11) is 1.56. The summed E-state index contributed by atoms with van der Waals surface area (Å²) in [5.41, 5.74) is 1.49. The Labute approximate surface area is 163 Å². The molecule has 0 radical (unpaired) electrons. The van der Waals surface area contributed by atoms with Gasteiger partial charge < -0.3 is 14.5 Å². The Morgan fingerprint density at radius 1 is 1.04 bits per heavy atom. The Morgan fingerprint density at radius 3 is 2.59 bits per heavy atom. The molecule has 0 N–H and O–H groups in total. The van der Waals surface area contributed by atoms with Crippen molar-refractivity contribution in [3.05, 3.63) is 65.2 Å². The van der Waals surface area contributed by atoms with E-state index in [0.29, 0.717) is 29.4 Å². The molecule has 1 aliphatic rings. The second kappa shape index (κ2) is 7.45. The number of carbonyl (C=O) groups excluding carboxylic acids is 1. The largest absolute Gasteiger partial charge is 0.496 e. The number of carbonyl (C=O) groups is 1. The van der Waals surface area contributed by atoms with Crippen molar-refractivity contribution in [2.24, 2.45) is 0 Å². The van der Waals surface area contributed by atoms with E-state index in [-0.39, 0.29) is 5.91 Å². The number of pyridine rings is 1. The van der Waals surface area contributed by atoms with E-state index in [1.54, 1.807) is 25.3 Å². The number of anilines is 1. The Morgan fingerprint density at radius 2 is 1.81 bits per heavy atom. The van der Waals surface area contributed by atoms with Gasteiger partial charge in [0.2, 0.25) is 0 Å². The van der Waals surface area contributed by atoms with Gasteiger partial charge in [0, 0.05) is 36.6 Å². The number of amides is 1. The first-order chi connectivity index (χ1) is 13.2. The molecule has 2 heterocycles. The monoisotopic (exact) mass is 381 g/mol. The van der Waals surface area contributed by atoms with Gasteiger partial charge in [-0.25, -0.2) is 4.98 Å². The minimum absolute atomic E-state index is 0.0551. The predicted octanol–water partition coefficient (Wildman–Crippen LogP) is 3.86. The zero-order valence-corrected chi connectivity index (χ0v) is 15.8. The smallest absolute Gasteiger partial charge is 0.257 e. The lowest BCUT2D eigenvalue weighted by Crippen LogP contribution is -2.49. The third-order valence-corrected chi connectivity index (χ3v) is 5.10. The van der Waals surface area contributed by atoms with Gasteiger partial charge in [-0.3, -0.25) is 4.79 Å². The maximum Gasteiger partial charge on any atom is 0.257 e. The van der Waals surface area contributed by atoms with Gasteiger partial charge in [0.05, 0.1) is 18.2 Å². The van der Waals surface area contributed by atoms with Gasteiger partial charge in [0.15, 0.2) is 0 Å². The zero-order valence-electron chi connectivity index (χ0n) is 15.1. The first-order valence-corrected chi connectivity index (χ1v) is 9.27. The van der Waals surface area contributed by atoms with E-state index < -0.39 is 0 Å². The number of methoxy groups -OCH3 is 1. The van der Waals surface area contributed by atoms with Crippen molar-refractivity contribution in [3.63, 3.8) is 0 Å². The number of aromatic nitrogens is 1. The third kappa shape index (κ3) is 3.55. The fourth-order valence-corrected chi connectivity index (χ4v) is 3.56. The van der Waals surface area contributed by atoms with Crippen LogP contribution in [0.1, 0.15) is 10.4 Å². The SMILES string of the molecule is COc1ccc(Cl)cc1C(=O)N1CCN(c2ccc3ccccc3n2)CC1. The average molecular weight is 382 g/mol. The van der Waals surface area contributed by atoms with Gasteiger partial charge in [0.25, 0.3) is 5.91 Å². The molecule has 1 aliphatic heterocycles. The molecule has 3 aromatic rings. The molecule has 138 valence electrons. The minimum atomic E-state index is -0.0551. The van der Waals surface area contributed by atoms with E-state index in [1.807, 2.05) is 29.2 Å². The molecule has 0 spiro atoms. The summed E-state index contributed by atoms with van der Waals surface area (Å²) in [6.07, 6.45) is 0. The van der Waals surface area contributed by atoms with Crippen molar-refractivity contribution >= 4 is 34.2 Å². The van der Waals surface area contributed by atoms with E-state index in [0.717, 1.165) is 29.8 Å². The van der Waals surface area contributed by atoms with Crippen LogP contribution in [0.3, 0.4) is 0 Å². The average Bonchev–Trinajstić information content (AvgIpc) is 2.73. The molecule has 0 atom stereocenters. The van der Waals surface area contributed by atoms with Crippen molar-refractivity contribution < 1.29 is 9.53 Å². The molecule has 0 bridgehead atoms. The first kappa shape index (κ1) is 17.6. The number of piperazine rings is 1. The number of hydrogen-bond donors (Lipinski definition) is 0. The number of para-hydroxylation sites is 1. The van der Waals surface area contributed by atoms with Gasteiger partial charge in [-0.05, 0) is 36.4 Å². The van der Waals surface area contributed by atoms with Crippen molar-refractivity contribution in [1.29, 1.82) is 0 Å². The lowest BCUT2D eigenvalue weighted by molar-refractivity contribution is 0.0743. The molecule has 27 heavy (non-hydrogen) atoms. The number of ether oxygens (including phenoxy) is 1. The number of hydrogen-bond acceptors (Lipinski definition) is 4. The lowest BCUT2D eigenvalue weighted by atomic mass is 10.1. The number of fused-ring (bicyclic) bond motifs is 1. The lowest BCUT2D eigenvalue weighted by Gasteiger charge is -2.35. The van der Waals surface area contributed by atoms with Crippen molar-refractivity contribution in [3.8, 4) is 5.75 Å². The van der Waals surface area contributed by atoms with Crippen LogP contribution < -0.4 is 9.64 Å². The molecular formula is C21H20ClN3O2. The Balaban J connectivity index is 1.48. The van der Waals surface area contributed by atoms with Crippen molar-refractivity contribution in [2.75, 3.05) is 38.2 Å². The molecule has 0 aliphatic carbocycles. The molecular weight excluding hydrogens is 362 g/mol. The van der Waals surface area contributed by atoms with Gasteiger partial charge in [-0.2, -0.15) is 0 Å². The molecule has 1 fully saturated rings. The molecule has 5 nitrogen and oxygen atoms in total. The molecule has 6 heteroatoms. The number of benzene rings is 2. The van der Waals surface area contributed by atoms with Crippen LogP contribution in [-0.4, -0.2) is 49.1 Å². The highest BCUT2D eigenvalue weighted by Gasteiger charge is 2.25. The minimum Gasteiger partial charge on any atom is -0.496 e. The molecule has 2 aromatic carbocycles. The number of nitrogens with zero attached hydrogens (tertiary/aromatic N) is 3. The molecule has 1 amide bonds. The van der Waals surface area contributed by atoms with Crippen LogP contribution in [0.15, 0.2) is 54.6 Å². The van der Waals surface area contributed by atoms with E-state index in [1.165, 1.54) is 0 Å². The number of rotatable bonds is 3.